The summed E-state index contributed by atoms with van der Waals surface area (Å²) in [6.07, 6.45) is 5.05. The van der Waals surface area contributed by atoms with Gasteiger partial charge in [-0.3, -0.25) is 0 Å². The monoisotopic (exact) mass is 270 g/mol. The molecule has 0 spiro atoms. The van der Waals surface area contributed by atoms with Crippen LogP contribution in [0, 0.1) is 0 Å². The molecule has 0 bridgehead atoms. The van der Waals surface area contributed by atoms with E-state index >= 15 is 0 Å². The molecule has 2 rings (SSSR count). The van der Waals surface area contributed by atoms with E-state index in [0.29, 0.717) is 29.1 Å². The lowest BCUT2D eigenvalue weighted by Crippen LogP contribution is -2.26. The van der Waals surface area contributed by atoms with Gasteiger partial charge < -0.3 is 14.7 Å². The molecule has 1 atom stereocenters. The molecule has 1 aliphatic rings. The Labute approximate surface area is 113 Å². The van der Waals surface area contributed by atoms with Gasteiger partial charge in [0.25, 0.3) is 0 Å². The van der Waals surface area contributed by atoms with Crippen molar-refractivity contribution in [3.8, 4) is 5.88 Å². The normalized spacial score (nSPS) is 20.3. The van der Waals surface area contributed by atoms with Crippen LogP contribution in [0.4, 0.5) is 0 Å². The zero-order chi connectivity index (χ0) is 13.0. The molecule has 1 aromatic heterocycles. The number of aliphatic hydroxyl groups excluding tert-OH is 1. The van der Waals surface area contributed by atoms with Crippen LogP contribution in [0.2, 0.25) is 5.02 Å². The standard InChI is InChI=1S/C13H19ClN2O2/c1-16-5-2-3-11(16)4-6-18-13-7-10(9-17)12(14)8-15-13/h7-8,11,17H,2-6,9H2,1H3. The van der Waals surface area contributed by atoms with Crippen molar-refractivity contribution in [2.24, 2.45) is 0 Å². The Balaban J connectivity index is 1.83. The fourth-order valence-electron chi connectivity index (χ4n) is 2.30. The summed E-state index contributed by atoms with van der Waals surface area (Å²) < 4.78 is 5.61. The van der Waals surface area contributed by atoms with Crippen molar-refractivity contribution in [3.05, 3.63) is 22.8 Å². The predicted octanol–water partition coefficient (Wildman–Crippen LogP) is 2.09. The first-order valence-corrected chi connectivity index (χ1v) is 6.67. The van der Waals surface area contributed by atoms with Crippen LogP contribution in [0.1, 0.15) is 24.8 Å². The number of halogens is 1. The molecule has 1 N–H and O–H groups in total. The Morgan fingerprint density at radius 3 is 3.11 bits per heavy atom. The summed E-state index contributed by atoms with van der Waals surface area (Å²) in [5, 5.41) is 9.57. The molecule has 0 saturated carbocycles. The minimum Gasteiger partial charge on any atom is -0.478 e. The lowest BCUT2D eigenvalue weighted by molar-refractivity contribution is 0.227. The second-order valence-corrected chi connectivity index (χ2v) is 5.09. The van der Waals surface area contributed by atoms with Crippen molar-refractivity contribution in [3.63, 3.8) is 0 Å². The molecular formula is C13H19ClN2O2. The van der Waals surface area contributed by atoms with Gasteiger partial charge in [-0.2, -0.15) is 0 Å². The summed E-state index contributed by atoms with van der Waals surface area (Å²) in [5.74, 6) is 0.532. The van der Waals surface area contributed by atoms with Crippen molar-refractivity contribution in [1.29, 1.82) is 0 Å². The SMILES string of the molecule is CN1CCCC1CCOc1cc(CO)c(Cl)cn1. The third kappa shape index (κ3) is 3.34. The first-order chi connectivity index (χ1) is 8.70. The highest BCUT2D eigenvalue weighted by Gasteiger charge is 2.20. The Morgan fingerprint density at radius 2 is 2.44 bits per heavy atom. The van der Waals surface area contributed by atoms with Crippen LogP contribution in [0.25, 0.3) is 0 Å². The van der Waals surface area contributed by atoms with Gasteiger partial charge in [-0.1, -0.05) is 11.6 Å². The maximum absolute atomic E-state index is 9.10. The van der Waals surface area contributed by atoms with E-state index in [-0.39, 0.29) is 6.61 Å². The molecule has 0 radical (unpaired) electrons. The molecule has 100 valence electrons. The summed E-state index contributed by atoms with van der Waals surface area (Å²) in [6.45, 7) is 1.73. The zero-order valence-electron chi connectivity index (χ0n) is 10.6. The van der Waals surface area contributed by atoms with Gasteiger partial charge in [-0.15, -0.1) is 0 Å². The quantitative estimate of drug-likeness (QED) is 0.890. The second-order valence-electron chi connectivity index (χ2n) is 4.69. The van der Waals surface area contributed by atoms with Crippen LogP contribution in [0.15, 0.2) is 12.3 Å². The average molecular weight is 271 g/mol. The van der Waals surface area contributed by atoms with E-state index in [9.17, 15) is 0 Å². The lowest BCUT2D eigenvalue weighted by Gasteiger charge is -2.19. The van der Waals surface area contributed by atoms with Crippen LogP contribution >= 0.6 is 11.6 Å². The van der Waals surface area contributed by atoms with Gasteiger partial charge in [-0.25, -0.2) is 4.98 Å². The highest BCUT2D eigenvalue weighted by molar-refractivity contribution is 6.31. The van der Waals surface area contributed by atoms with Crippen LogP contribution in [-0.4, -0.2) is 41.2 Å². The summed E-state index contributed by atoms with van der Waals surface area (Å²) in [5.41, 5.74) is 0.652. The van der Waals surface area contributed by atoms with Crippen LogP contribution < -0.4 is 4.74 Å². The number of aliphatic hydroxyl groups is 1. The number of aromatic nitrogens is 1. The van der Waals surface area contributed by atoms with Gasteiger partial charge in [0.2, 0.25) is 5.88 Å². The fourth-order valence-corrected chi connectivity index (χ4v) is 2.47. The van der Waals surface area contributed by atoms with Crippen LogP contribution in [0.3, 0.4) is 0 Å². The van der Waals surface area contributed by atoms with Crippen LogP contribution in [-0.2, 0) is 6.61 Å². The second kappa shape index (κ2) is 6.36. The van der Waals surface area contributed by atoms with Crippen molar-refractivity contribution in [2.75, 3.05) is 20.2 Å². The molecule has 0 amide bonds. The van der Waals surface area contributed by atoms with Gasteiger partial charge in [0.05, 0.1) is 18.2 Å². The van der Waals surface area contributed by atoms with E-state index in [1.54, 1.807) is 6.07 Å². The highest BCUT2D eigenvalue weighted by atomic mass is 35.5. The number of likely N-dealkylation sites (tertiary alicyclic amines) is 1. The molecule has 18 heavy (non-hydrogen) atoms. The maximum Gasteiger partial charge on any atom is 0.213 e. The molecule has 1 aliphatic heterocycles. The van der Waals surface area contributed by atoms with Gasteiger partial charge in [-0.05, 0) is 32.9 Å². The predicted molar refractivity (Wildman–Crippen MR) is 70.9 cm³/mol. The van der Waals surface area contributed by atoms with Gasteiger partial charge in [0.1, 0.15) is 0 Å². The molecule has 2 heterocycles. The van der Waals surface area contributed by atoms with E-state index in [1.807, 2.05) is 0 Å². The van der Waals surface area contributed by atoms with Crippen LogP contribution in [0.5, 0.6) is 5.88 Å². The number of nitrogens with zero attached hydrogens (tertiary/aromatic N) is 2. The minimum atomic E-state index is -0.0942. The van der Waals surface area contributed by atoms with Gasteiger partial charge in [0.15, 0.2) is 0 Å². The maximum atomic E-state index is 9.10. The fraction of sp³-hybridized carbons (Fsp3) is 0.615. The summed E-state index contributed by atoms with van der Waals surface area (Å²) >= 11 is 5.87. The van der Waals surface area contributed by atoms with Gasteiger partial charge in [0, 0.05) is 23.9 Å². The number of rotatable bonds is 5. The Hall–Kier alpha value is -0.840. The molecule has 5 heteroatoms. The summed E-state index contributed by atoms with van der Waals surface area (Å²) in [6, 6.07) is 2.32. The first kappa shape index (κ1) is 13.6. The third-order valence-electron chi connectivity index (χ3n) is 3.45. The molecule has 1 fully saturated rings. The van der Waals surface area contributed by atoms with E-state index in [4.69, 9.17) is 21.4 Å². The minimum absolute atomic E-state index is 0.0942. The summed E-state index contributed by atoms with van der Waals surface area (Å²) in [4.78, 5) is 6.46. The number of hydrogen-bond donors (Lipinski definition) is 1. The Bertz CT molecular complexity index is 401. The first-order valence-electron chi connectivity index (χ1n) is 6.29. The number of ether oxygens (including phenoxy) is 1. The molecule has 1 saturated heterocycles. The van der Waals surface area contributed by atoms with E-state index in [2.05, 4.69) is 16.9 Å². The molecule has 4 nitrogen and oxygen atoms in total. The van der Waals surface area contributed by atoms with Gasteiger partial charge >= 0.3 is 0 Å². The van der Waals surface area contributed by atoms with Crippen molar-refractivity contribution in [1.82, 2.24) is 9.88 Å². The number of pyridine rings is 1. The highest BCUT2D eigenvalue weighted by Crippen LogP contribution is 2.21. The molecule has 0 aromatic carbocycles. The average Bonchev–Trinajstić information content (AvgIpc) is 2.77. The van der Waals surface area contributed by atoms with E-state index < -0.39 is 0 Å². The van der Waals surface area contributed by atoms with E-state index in [0.717, 1.165) is 6.42 Å². The van der Waals surface area contributed by atoms with Crippen molar-refractivity contribution in [2.45, 2.75) is 31.9 Å². The molecule has 0 aliphatic carbocycles. The largest absolute Gasteiger partial charge is 0.478 e. The number of hydrogen-bond acceptors (Lipinski definition) is 4. The third-order valence-corrected chi connectivity index (χ3v) is 3.79. The van der Waals surface area contributed by atoms with E-state index in [1.165, 1.54) is 25.6 Å². The Kier molecular flexibility index (Phi) is 4.80. The molecule has 1 unspecified atom stereocenters. The lowest BCUT2D eigenvalue weighted by atomic mass is 10.1. The topological polar surface area (TPSA) is 45.6 Å². The molecule has 1 aromatic rings. The van der Waals surface area contributed by atoms with Crippen molar-refractivity contribution >= 4 is 11.6 Å². The summed E-state index contributed by atoms with van der Waals surface area (Å²) in [7, 11) is 2.15. The smallest absolute Gasteiger partial charge is 0.213 e. The zero-order valence-corrected chi connectivity index (χ0v) is 11.4. The molecular weight excluding hydrogens is 252 g/mol. The van der Waals surface area contributed by atoms with Crippen molar-refractivity contribution < 1.29 is 9.84 Å². The Morgan fingerprint density at radius 1 is 1.61 bits per heavy atom.